The molecule has 0 radical (unpaired) electrons. The second-order valence-electron chi connectivity index (χ2n) is 2.95. The number of hydrogen-bond donors (Lipinski definition) is 3. The van der Waals surface area contributed by atoms with E-state index in [4.69, 9.17) is 11.6 Å². The van der Waals surface area contributed by atoms with Crippen molar-refractivity contribution in [3.63, 3.8) is 0 Å². The number of halogens is 2. The summed E-state index contributed by atoms with van der Waals surface area (Å²) in [5.41, 5.74) is 0. The van der Waals surface area contributed by atoms with Crippen molar-refractivity contribution in [3.05, 3.63) is 11.2 Å². The Hall–Kier alpha value is -0.780. The highest BCUT2D eigenvalue weighted by Gasteiger charge is 2.25. The molecule has 14 heavy (non-hydrogen) atoms. The van der Waals surface area contributed by atoms with Crippen LogP contribution in [0.15, 0.2) is 6.07 Å². The Balaban J connectivity index is 0.000000980. The highest BCUT2D eigenvalue weighted by molar-refractivity contribution is 6.29. The highest BCUT2D eigenvalue weighted by atomic mass is 35.5. The van der Waals surface area contributed by atoms with Crippen LogP contribution in [0, 0.1) is 5.92 Å². The van der Waals surface area contributed by atoms with Crippen molar-refractivity contribution < 1.29 is 4.79 Å². The molecule has 0 unspecified atom stereocenters. The number of aromatic nitrogens is 2. The van der Waals surface area contributed by atoms with Gasteiger partial charge in [0, 0.05) is 19.2 Å². The van der Waals surface area contributed by atoms with Gasteiger partial charge in [-0.2, -0.15) is 5.10 Å². The van der Waals surface area contributed by atoms with E-state index in [-0.39, 0.29) is 24.2 Å². The summed E-state index contributed by atoms with van der Waals surface area (Å²) >= 11 is 5.59. The molecule has 7 heteroatoms. The van der Waals surface area contributed by atoms with E-state index in [9.17, 15) is 4.79 Å². The second kappa shape index (κ2) is 4.63. The zero-order chi connectivity index (χ0) is 9.26. The van der Waals surface area contributed by atoms with Gasteiger partial charge in [0.05, 0.1) is 5.92 Å². The van der Waals surface area contributed by atoms with E-state index in [1.165, 1.54) is 0 Å². The average Bonchev–Trinajstić information content (AvgIpc) is 2.31. The summed E-state index contributed by atoms with van der Waals surface area (Å²) in [5, 5.41) is 12.4. The van der Waals surface area contributed by atoms with Crippen LogP contribution < -0.4 is 10.6 Å². The summed E-state index contributed by atoms with van der Waals surface area (Å²) in [6.45, 7) is 1.48. The van der Waals surface area contributed by atoms with Gasteiger partial charge in [0.2, 0.25) is 5.91 Å². The van der Waals surface area contributed by atoms with Gasteiger partial charge in [-0.25, -0.2) is 0 Å². The minimum Gasteiger partial charge on any atom is -0.315 e. The van der Waals surface area contributed by atoms with Crippen LogP contribution in [-0.2, 0) is 4.79 Å². The van der Waals surface area contributed by atoms with Crippen LogP contribution >= 0.6 is 24.0 Å². The van der Waals surface area contributed by atoms with Gasteiger partial charge in [-0.3, -0.25) is 9.89 Å². The maximum absolute atomic E-state index is 11.4. The molecule has 5 nitrogen and oxygen atoms in total. The van der Waals surface area contributed by atoms with Crippen molar-refractivity contribution >= 4 is 35.7 Å². The topological polar surface area (TPSA) is 69.8 Å². The fraction of sp³-hybridized carbons (Fsp3) is 0.429. The minimum atomic E-state index is -0.0121. The lowest BCUT2D eigenvalue weighted by Gasteiger charge is -2.25. The smallest absolute Gasteiger partial charge is 0.231 e. The third kappa shape index (κ3) is 2.37. The fourth-order valence-electron chi connectivity index (χ4n) is 1.06. The van der Waals surface area contributed by atoms with Gasteiger partial charge in [0.1, 0.15) is 5.15 Å². The molecular formula is C7H10Cl2N4O. The number of hydrogen-bond acceptors (Lipinski definition) is 3. The molecule has 0 atom stereocenters. The van der Waals surface area contributed by atoms with Crippen LogP contribution in [0.5, 0.6) is 0 Å². The van der Waals surface area contributed by atoms with Crippen molar-refractivity contribution in [2.45, 2.75) is 0 Å². The van der Waals surface area contributed by atoms with Gasteiger partial charge in [0.15, 0.2) is 5.82 Å². The number of nitrogens with one attached hydrogen (secondary N) is 3. The lowest BCUT2D eigenvalue weighted by molar-refractivity contribution is -0.121. The first-order valence-electron chi connectivity index (χ1n) is 3.98. The minimum absolute atomic E-state index is 0. The first-order chi connectivity index (χ1) is 6.25. The summed E-state index contributed by atoms with van der Waals surface area (Å²) in [5.74, 6) is 0.527. The van der Waals surface area contributed by atoms with E-state index in [1.807, 2.05) is 0 Å². The first-order valence-corrected chi connectivity index (χ1v) is 4.36. The van der Waals surface area contributed by atoms with Gasteiger partial charge in [0.25, 0.3) is 0 Å². The molecule has 1 amide bonds. The third-order valence-electron chi connectivity index (χ3n) is 1.95. The van der Waals surface area contributed by atoms with Gasteiger partial charge >= 0.3 is 0 Å². The number of aromatic amines is 1. The first kappa shape index (κ1) is 11.3. The number of carbonyl (C=O) groups is 1. The van der Waals surface area contributed by atoms with Crippen molar-refractivity contribution in [2.24, 2.45) is 5.92 Å². The van der Waals surface area contributed by atoms with Crippen LogP contribution in [0.25, 0.3) is 0 Å². The predicted octanol–water partition coefficient (Wildman–Crippen LogP) is 0.643. The lowest BCUT2D eigenvalue weighted by atomic mass is 10.0. The molecule has 3 N–H and O–H groups in total. The Morgan fingerprint density at radius 1 is 1.64 bits per heavy atom. The molecule has 2 heterocycles. The Bertz CT molecular complexity index is 323. The Morgan fingerprint density at radius 2 is 2.36 bits per heavy atom. The monoisotopic (exact) mass is 236 g/mol. The molecule has 0 saturated carbocycles. The van der Waals surface area contributed by atoms with Crippen LogP contribution in [0.1, 0.15) is 0 Å². The average molecular weight is 237 g/mol. The van der Waals surface area contributed by atoms with Crippen LogP contribution in [0.3, 0.4) is 0 Å². The summed E-state index contributed by atoms with van der Waals surface area (Å²) in [7, 11) is 0. The quantitative estimate of drug-likeness (QED) is 0.707. The number of nitrogens with zero attached hydrogens (tertiary/aromatic N) is 1. The van der Waals surface area contributed by atoms with Crippen molar-refractivity contribution in [2.75, 3.05) is 18.4 Å². The van der Waals surface area contributed by atoms with Crippen molar-refractivity contribution in [1.82, 2.24) is 15.5 Å². The molecule has 1 aromatic rings. The molecular weight excluding hydrogens is 227 g/mol. The zero-order valence-corrected chi connectivity index (χ0v) is 8.78. The zero-order valence-electron chi connectivity index (χ0n) is 7.21. The Labute approximate surface area is 92.0 Å². The van der Waals surface area contributed by atoms with Gasteiger partial charge < -0.3 is 10.6 Å². The van der Waals surface area contributed by atoms with E-state index in [2.05, 4.69) is 20.8 Å². The molecule has 78 valence electrons. The van der Waals surface area contributed by atoms with E-state index in [0.717, 1.165) is 13.1 Å². The van der Waals surface area contributed by atoms with Crippen LogP contribution in [0.2, 0.25) is 5.15 Å². The molecule has 1 aromatic heterocycles. The van der Waals surface area contributed by atoms with E-state index >= 15 is 0 Å². The largest absolute Gasteiger partial charge is 0.315 e. The Morgan fingerprint density at radius 3 is 2.79 bits per heavy atom. The lowest BCUT2D eigenvalue weighted by Crippen LogP contribution is -2.48. The molecule has 1 fully saturated rings. The molecule has 1 aliphatic rings. The number of rotatable bonds is 2. The predicted molar refractivity (Wildman–Crippen MR) is 55.8 cm³/mol. The van der Waals surface area contributed by atoms with Crippen molar-refractivity contribution in [1.29, 1.82) is 0 Å². The molecule has 0 aromatic carbocycles. The molecule has 0 spiro atoms. The summed E-state index contributed by atoms with van der Waals surface area (Å²) in [4.78, 5) is 11.4. The fourth-order valence-corrected chi connectivity index (χ4v) is 1.21. The van der Waals surface area contributed by atoms with E-state index < -0.39 is 0 Å². The summed E-state index contributed by atoms with van der Waals surface area (Å²) in [6.07, 6.45) is 0. The van der Waals surface area contributed by atoms with E-state index in [1.54, 1.807) is 6.07 Å². The molecule has 0 aliphatic carbocycles. The standard InChI is InChI=1S/C7H9ClN4O.ClH/c8-5-1-6(12-11-5)10-7(13)4-2-9-3-4;/h1,4,9H,2-3H2,(H2,10,11,12,13);1H. The number of H-pyrrole nitrogens is 1. The summed E-state index contributed by atoms with van der Waals surface area (Å²) < 4.78 is 0. The SMILES string of the molecule is Cl.O=C(Nc1cc(Cl)[nH]n1)C1CNC1. The highest BCUT2D eigenvalue weighted by Crippen LogP contribution is 2.12. The van der Waals surface area contributed by atoms with Crippen molar-refractivity contribution in [3.8, 4) is 0 Å². The van der Waals surface area contributed by atoms with Gasteiger partial charge in [-0.1, -0.05) is 11.6 Å². The maximum atomic E-state index is 11.4. The molecule has 1 saturated heterocycles. The second-order valence-corrected chi connectivity index (χ2v) is 3.35. The maximum Gasteiger partial charge on any atom is 0.231 e. The third-order valence-corrected chi connectivity index (χ3v) is 2.14. The Kier molecular flexibility index (Phi) is 3.74. The van der Waals surface area contributed by atoms with Gasteiger partial charge in [-0.15, -0.1) is 12.4 Å². The molecule has 2 rings (SSSR count). The van der Waals surface area contributed by atoms with Crippen LogP contribution in [0.4, 0.5) is 5.82 Å². The molecule has 1 aliphatic heterocycles. The molecule has 0 bridgehead atoms. The number of carbonyl (C=O) groups excluding carboxylic acids is 1. The van der Waals surface area contributed by atoms with E-state index in [0.29, 0.717) is 11.0 Å². The number of amides is 1. The normalized spacial score (nSPS) is 15.5. The van der Waals surface area contributed by atoms with Crippen LogP contribution in [-0.4, -0.2) is 29.2 Å². The van der Waals surface area contributed by atoms with Gasteiger partial charge in [-0.05, 0) is 0 Å². The number of anilines is 1. The summed E-state index contributed by atoms with van der Waals surface area (Å²) in [6, 6.07) is 1.57.